The highest BCUT2D eigenvalue weighted by molar-refractivity contribution is 5.98. The summed E-state index contributed by atoms with van der Waals surface area (Å²) >= 11 is 0. The molecule has 0 bridgehead atoms. The van der Waals surface area contributed by atoms with Crippen molar-refractivity contribution >= 4 is 5.91 Å². The maximum absolute atomic E-state index is 13.7. The van der Waals surface area contributed by atoms with Crippen molar-refractivity contribution in [1.82, 2.24) is 4.90 Å². The zero-order chi connectivity index (χ0) is 22.9. The first-order chi connectivity index (χ1) is 15.3. The van der Waals surface area contributed by atoms with Gasteiger partial charge in [0.15, 0.2) is 0 Å². The van der Waals surface area contributed by atoms with Gasteiger partial charge in [-0.2, -0.15) is 18.4 Å². The summed E-state index contributed by atoms with van der Waals surface area (Å²) in [7, 11) is 0. The van der Waals surface area contributed by atoms with Crippen molar-refractivity contribution in [1.29, 1.82) is 5.26 Å². The highest BCUT2D eigenvalue weighted by atomic mass is 19.4. The molecule has 1 amide bonds. The Bertz CT molecular complexity index is 1170. The Morgan fingerprint density at radius 1 is 1.00 bits per heavy atom. The number of benzene rings is 3. The number of carbonyl (C=O) groups excluding carboxylic acids is 1. The van der Waals surface area contributed by atoms with Gasteiger partial charge in [0, 0.05) is 23.9 Å². The standard InChI is InChI=1S/C26H21F3N2O/c1-25(14-15-30)22-13-12-20(26(27,28)29)16-21(22)24(32)31(17-18-8-4-2-5-9-18)23(25)19-10-6-3-7-11-19/h2-13,16,23H,14,17H2,1H3/t23-,25-/m1/s1. The summed E-state index contributed by atoms with van der Waals surface area (Å²) in [5.41, 5.74) is 0.396. The molecule has 1 heterocycles. The molecule has 162 valence electrons. The van der Waals surface area contributed by atoms with Gasteiger partial charge in [-0.1, -0.05) is 73.7 Å². The van der Waals surface area contributed by atoms with E-state index in [-0.39, 0.29) is 18.5 Å². The lowest BCUT2D eigenvalue weighted by molar-refractivity contribution is -0.137. The highest BCUT2D eigenvalue weighted by Crippen LogP contribution is 2.50. The van der Waals surface area contributed by atoms with Gasteiger partial charge in [-0.3, -0.25) is 4.79 Å². The molecule has 0 aromatic heterocycles. The number of halogens is 3. The van der Waals surface area contributed by atoms with E-state index in [2.05, 4.69) is 6.07 Å². The zero-order valence-corrected chi connectivity index (χ0v) is 17.4. The topological polar surface area (TPSA) is 44.1 Å². The Kier molecular flexibility index (Phi) is 5.52. The molecule has 0 aliphatic carbocycles. The minimum atomic E-state index is -4.57. The van der Waals surface area contributed by atoms with Crippen molar-refractivity contribution in [2.45, 2.75) is 37.5 Å². The molecule has 3 aromatic rings. The fourth-order valence-corrected chi connectivity index (χ4v) is 4.64. The van der Waals surface area contributed by atoms with Crippen LogP contribution in [-0.4, -0.2) is 10.8 Å². The number of amides is 1. The molecule has 3 aromatic carbocycles. The fourth-order valence-electron chi connectivity index (χ4n) is 4.64. The molecule has 0 saturated carbocycles. The molecular weight excluding hydrogens is 413 g/mol. The molecule has 6 heteroatoms. The van der Waals surface area contributed by atoms with Gasteiger partial charge in [0.25, 0.3) is 5.91 Å². The van der Waals surface area contributed by atoms with Gasteiger partial charge in [0.2, 0.25) is 0 Å². The van der Waals surface area contributed by atoms with Crippen molar-refractivity contribution in [2.75, 3.05) is 0 Å². The number of hydrogen-bond acceptors (Lipinski definition) is 2. The molecule has 1 aliphatic heterocycles. The quantitative estimate of drug-likeness (QED) is 0.485. The van der Waals surface area contributed by atoms with E-state index >= 15 is 0 Å². The minimum Gasteiger partial charge on any atom is -0.326 e. The highest BCUT2D eigenvalue weighted by Gasteiger charge is 2.49. The summed E-state index contributed by atoms with van der Waals surface area (Å²) in [6.45, 7) is 2.07. The average Bonchev–Trinajstić information content (AvgIpc) is 2.78. The molecule has 32 heavy (non-hydrogen) atoms. The van der Waals surface area contributed by atoms with E-state index in [9.17, 15) is 23.2 Å². The van der Waals surface area contributed by atoms with E-state index in [0.29, 0.717) is 5.56 Å². The maximum atomic E-state index is 13.7. The van der Waals surface area contributed by atoms with Crippen molar-refractivity contribution in [3.63, 3.8) is 0 Å². The second-order valence-electron chi connectivity index (χ2n) is 8.24. The third-order valence-corrected chi connectivity index (χ3v) is 6.13. The third kappa shape index (κ3) is 3.75. The predicted octanol–water partition coefficient (Wildman–Crippen LogP) is 6.27. The van der Waals surface area contributed by atoms with Crippen LogP contribution in [0.15, 0.2) is 78.9 Å². The van der Waals surface area contributed by atoms with E-state index in [0.717, 1.165) is 23.3 Å². The van der Waals surface area contributed by atoms with Gasteiger partial charge in [0.05, 0.1) is 17.7 Å². The van der Waals surface area contributed by atoms with Crippen LogP contribution in [-0.2, 0) is 18.1 Å². The maximum Gasteiger partial charge on any atom is 0.416 e. The molecule has 2 atom stereocenters. The first kappa shape index (κ1) is 21.6. The number of carbonyl (C=O) groups is 1. The summed E-state index contributed by atoms with van der Waals surface area (Å²) < 4.78 is 40.3. The lowest BCUT2D eigenvalue weighted by atomic mass is 9.66. The molecule has 0 radical (unpaired) electrons. The number of nitriles is 1. The van der Waals surface area contributed by atoms with E-state index in [1.807, 2.05) is 67.6 Å². The Morgan fingerprint density at radius 3 is 2.22 bits per heavy atom. The second-order valence-corrected chi connectivity index (χ2v) is 8.24. The predicted molar refractivity (Wildman–Crippen MR) is 115 cm³/mol. The van der Waals surface area contributed by atoms with E-state index in [1.165, 1.54) is 6.07 Å². The number of rotatable bonds is 4. The van der Waals surface area contributed by atoms with Crippen LogP contribution in [0.4, 0.5) is 13.2 Å². The Hall–Kier alpha value is -3.59. The zero-order valence-electron chi connectivity index (χ0n) is 17.4. The van der Waals surface area contributed by atoms with Crippen molar-refractivity contribution in [3.8, 4) is 6.07 Å². The smallest absolute Gasteiger partial charge is 0.326 e. The molecule has 0 fully saturated rings. The summed E-state index contributed by atoms with van der Waals surface area (Å²) in [5, 5.41) is 9.67. The molecule has 3 nitrogen and oxygen atoms in total. The largest absolute Gasteiger partial charge is 0.416 e. The first-order valence-corrected chi connectivity index (χ1v) is 10.2. The minimum absolute atomic E-state index is 0.000636. The molecule has 0 N–H and O–H groups in total. The van der Waals surface area contributed by atoms with Crippen molar-refractivity contribution < 1.29 is 18.0 Å². The molecule has 0 saturated heterocycles. The van der Waals surface area contributed by atoms with Gasteiger partial charge in [-0.25, -0.2) is 0 Å². The van der Waals surface area contributed by atoms with Gasteiger partial charge in [-0.15, -0.1) is 0 Å². The lowest BCUT2D eigenvalue weighted by Gasteiger charge is -2.48. The lowest BCUT2D eigenvalue weighted by Crippen LogP contribution is -2.50. The molecular formula is C26H21F3N2O. The number of hydrogen-bond donors (Lipinski definition) is 0. The number of nitrogens with zero attached hydrogens (tertiary/aromatic N) is 2. The number of fused-ring (bicyclic) bond motifs is 1. The van der Waals surface area contributed by atoms with Crippen molar-refractivity contribution in [2.24, 2.45) is 0 Å². The Balaban J connectivity index is 1.95. The van der Waals surface area contributed by atoms with E-state index in [4.69, 9.17) is 0 Å². The summed E-state index contributed by atoms with van der Waals surface area (Å²) in [6.07, 6.45) is -4.52. The van der Waals surface area contributed by atoms with Crippen molar-refractivity contribution in [3.05, 3.63) is 107 Å². The average molecular weight is 434 g/mol. The van der Waals surface area contributed by atoms with Crippen LogP contribution in [0.1, 0.15) is 52.0 Å². The summed E-state index contributed by atoms with van der Waals surface area (Å²) in [5.74, 6) is -0.473. The van der Waals surface area contributed by atoms with Crippen LogP contribution in [0.5, 0.6) is 0 Å². The first-order valence-electron chi connectivity index (χ1n) is 10.2. The van der Waals surface area contributed by atoms with Crippen LogP contribution < -0.4 is 0 Å². The van der Waals surface area contributed by atoms with Crippen LogP contribution in [0.2, 0.25) is 0 Å². The molecule has 0 spiro atoms. The fraction of sp³-hybridized carbons (Fsp3) is 0.231. The molecule has 4 rings (SSSR count). The van der Waals surface area contributed by atoms with Crippen LogP contribution in [0.25, 0.3) is 0 Å². The Labute approximate surface area is 184 Å². The summed E-state index contributed by atoms with van der Waals surface area (Å²) in [4.78, 5) is 15.3. The van der Waals surface area contributed by atoms with Gasteiger partial charge >= 0.3 is 6.18 Å². The van der Waals surface area contributed by atoms with E-state index in [1.54, 1.807) is 4.90 Å². The SMILES string of the molecule is C[C@@]1(CC#N)c2ccc(C(F)(F)F)cc2C(=O)N(Cc2ccccc2)[C@@H]1c1ccccc1. The monoisotopic (exact) mass is 434 g/mol. The van der Waals surface area contributed by atoms with Crippen LogP contribution in [0.3, 0.4) is 0 Å². The van der Waals surface area contributed by atoms with Gasteiger partial charge in [0.1, 0.15) is 0 Å². The number of alkyl halides is 3. The normalized spacial score (nSPS) is 20.5. The molecule has 0 unspecified atom stereocenters. The Morgan fingerprint density at radius 2 is 1.62 bits per heavy atom. The summed E-state index contributed by atoms with van der Waals surface area (Å²) in [6, 6.07) is 23.6. The third-order valence-electron chi connectivity index (χ3n) is 6.13. The molecule has 1 aliphatic rings. The van der Waals surface area contributed by atoms with E-state index < -0.39 is 29.1 Å². The van der Waals surface area contributed by atoms with Crippen LogP contribution >= 0.6 is 0 Å². The van der Waals surface area contributed by atoms with Crippen LogP contribution in [0, 0.1) is 11.3 Å². The van der Waals surface area contributed by atoms with Gasteiger partial charge in [-0.05, 0) is 28.8 Å². The van der Waals surface area contributed by atoms with Gasteiger partial charge < -0.3 is 4.90 Å². The second kappa shape index (κ2) is 8.16.